The molecule has 0 aromatic heterocycles. The zero-order valence-electron chi connectivity index (χ0n) is 13.5. The largest absolute Gasteiger partial charge is 0.444 e. The molecule has 0 aliphatic rings. The lowest BCUT2D eigenvalue weighted by molar-refractivity contribution is -0.422. The normalized spacial score (nSPS) is 11.0. The highest BCUT2D eigenvalue weighted by Gasteiger charge is 2.10. The van der Waals surface area contributed by atoms with Gasteiger partial charge in [0.25, 0.3) is 0 Å². The molecule has 1 amide bonds. The molecule has 0 fully saturated rings. The van der Waals surface area contributed by atoms with Gasteiger partial charge in [0, 0.05) is 18.7 Å². The summed E-state index contributed by atoms with van der Waals surface area (Å²) in [6.07, 6.45) is 0.893. The van der Waals surface area contributed by atoms with Crippen molar-refractivity contribution in [3.05, 3.63) is 81.0 Å². The molecule has 1 N–H and O–H groups in total. The second-order valence-electron chi connectivity index (χ2n) is 5.25. The molecular formula is C18H18N2O4. The van der Waals surface area contributed by atoms with Gasteiger partial charge in [0.2, 0.25) is 5.70 Å². The Bertz CT molecular complexity index is 770. The molecule has 0 aliphatic heterocycles. The van der Waals surface area contributed by atoms with E-state index in [-0.39, 0.29) is 12.3 Å². The lowest BCUT2D eigenvalue weighted by atomic mass is 10.1. The van der Waals surface area contributed by atoms with Crippen LogP contribution in [0.3, 0.4) is 0 Å². The number of nitrogens with zero attached hydrogens (tertiary/aromatic N) is 1. The molecule has 2 aromatic rings. The molecule has 24 heavy (non-hydrogen) atoms. The molecule has 0 heterocycles. The summed E-state index contributed by atoms with van der Waals surface area (Å²) >= 11 is 0. The van der Waals surface area contributed by atoms with Gasteiger partial charge in [-0.15, -0.1) is 0 Å². The summed E-state index contributed by atoms with van der Waals surface area (Å²) in [4.78, 5) is 22.2. The maximum atomic E-state index is 11.9. The second kappa shape index (κ2) is 7.92. The summed E-state index contributed by atoms with van der Waals surface area (Å²) < 4.78 is 5.17. The van der Waals surface area contributed by atoms with Crippen molar-refractivity contribution in [1.29, 1.82) is 0 Å². The number of nitro groups is 1. The van der Waals surface area contributed by atoms with Gasteiger partial charge in [-0.25, -0.2) is 4.79 Å². The van der Waals surface area contributed by atoms with Crippen LogP contribution in [0.1, 0.15) is 23.6 Å². The summed E-state index contributed by atoms with van der Waals surface area (Å²) in [6, 6.07) is 14.6. The van der Waals surface area contributed by atoms with Gasteiger partial charge in [-0.3, -0.25) is 15.4 Å². The topological polar surface area (TPSA) is 81.5 Å². The van der Waals surface area contributed by atoms with Gasteiger partial charge in [-0.1, -0.05) is 42.5 Å². The summed E-state index contributed by atoms with van der Waals surface area (Å²) in [5.74, 6) is 0. The summed E-state index contributed by atoms with van der Waals surface area (Å²) in [5.41, 5.74) is 2.88. The smallest absolute Gasteiger partial charge is 0.411 e. The lowest BCUT2D eigenvalue weighted by Crippen LogP contribution is -2.14. The fourth-order valence-electron chi connectivity index (χ4n) is 2.09. The molecule has 2 rings (SSSR count). The van der Waals surface area contributed by atoms with Gasteiger partial charge in [0.05, 0.1) is 4.92 Å². The van der Waals surface area contributed by atoms with Crippen molar-refractivity contribution >= 4 is 17.9 Å². The van der Waals surface area contributed by atoms with E-state index < -0.39 is 11.0 Å². The molecule has 0 atom stereocenters. The van der Waals surface area contributed by atoms with Crippen LogP contribution in [0.4, 0.5) is 10.5 Å². The van der Waals surface area contributed by atoms with Crippen LogP contribution in [-0.2, 0) is 11.3 Å². The van der Waals surface area contributed by atoms with Gasteiger partial charge in [-0.2, -0.15) is 0 Å². The minimum absolute atomic E-state index is 0.0295. The minimum atomic E-state index is -0.575. The van der Waals surface area contributed by atoms with Crippen LogP contribution < -0.4 is 5.32 Å². The van der Waals surface area contributed by atoms with Gasteiger partial charge in [0.15, 0.2) is 0 Å². The van der Waals surface area contributed by atoms with Crippen molar-refractivity contribution in [2.24, 2.45) is 0 Å². The van der Waals surface area contributed by atoms with Crippen molar-refractivity contribution in [2.75, 3.05) is 5.32 Å². The number of hydrogen-bond donors (Lipinski definition) is 1. The number of anilines is 1. The highest BCUT2D eigenvalue weighted by molar-refractivity contribution is 5.86. The van der Waals surface area contributed by atoms with Crippen LogP contribution in [0.15, 0.2) is 54.2 Å². The third-order valence-corrected chi connectivity index (χ3v) is 3.48. The summed E-state index contributed by atoms with van der Waals surface area (Å²) in [7, 11) is 0. The molecule has 124 valence electrons. The Morgan fingerprint density at radius 1 is 1.21 bits per heavy atom. The van der Waals surface area contributed by atoms with E-state index in [4.69, 9.17) is 4.74 Å². The Labute approximate surface area is 139 Å². The summed E-state index contributed by atoms with van der Waals surface area (Å²) in [6.45, 7) is 3.38. The standard InChI is InChI=1S/C18H18N2O4/c1-13(20(22)23)11-16-9-6-10-17(14(16)2)19-18(21)24-12-15-7-4-3-5-8-15/h3-11H,12H2,1-2H3,(H,19,21). The molecule has 0 radical (unpaired) electrons. The first-order valence-electron chi connectivity index (χ1n) is 7.37. The number of rotatable bonds is 5. The number of ether oxygens (including phenoxy) is 1. The zero-order chi connectivity index (χ0) is 17.5. The van der Waals surface area contributed by atoms with E-state index >= 15 is 0 Å². The molecule has 6 nitrogen and oxygen atoms in total. The van der Waals surface area contributed by atoms with Crippen molar-refractivity contribution in [3.8, 4) is 0 Å². The average Bonchev–Trinajstić information content (AvgIpc) is 2.57. The average molecular weight is 326 g/mol. The number of hydrogen-bond acceptors (Lipinski definition) is 4. The number of amides is 1. The monoisotopic (exact) mass is 326 g/mol. The molecule has 0 saturated heterocycles. The van der Waals surface area contributed by atoms with E-state index in [1.807, 2.05) is 30.3 Å². The SMILES string of the molecule is CC(=Cc1cccc(NC(=O)OCc2ccccc2)c1C)[N+](=O)[O-]. The molecule has 2 aromatic carbocycles. The van der Waals surface area contributed by atoms with E-state index in [0.717, 1.165) is 11.1 Å². The predicted octanol–water partition coefficient (Wildman–Crippen LogP) is 4.38. The first-order chi connectivity index (χ1) is 11.5. The van der Waals surface area contributed by atoms with Crippen LogP contribution >= 0.6 is 0 Å². The van der Waals surface area contributed by atoms with Crippen LogP contribution in [0.25, 0.3) is 6.08 Å². The fourth-order valence-corrected chi connectivity index (χ4v) is 2.09. The van der Waals surface area contributed by atoms with Crippen molar-refractivity contribution < 1.29 is 14.5 Å². The van der Waals surface area contributed by atoms with Gasteiger partial charge in [-0.05, 0) is 29.7 Å². The third-order valence-electron chi connectivity index (χ3n) is 3.48. The van der Waals surface area contributed by atoms with Crippen LogP contribution in [0, 0.1) is 17.0 Å². The quantitative estimate of drug-likeness (QED) is 0.653. The Balaban J connectivity index is 2.05. The molecule has 0 spiro atoms. The minimum Gasteiger partial charge on any atom is -0.444 e. The molecule has 0 bridgehead atoms. The number of nitrogens with one attached hydrogen (secondary N) is 1. The van der Waals surface area contributed by atoms with Crippen LogP contribution in [0.2, 0.25) is 0 Å². The van der Waals surface area contributed by atoms with Crippen molar-refractivity contribution in [3.63, 3.8) is 0 Å². The highest BCUT2D eigenvalue weighted by Crippen LogP contribution is 2.21. The predicted molar refractivity (Wildman–Crippen MR) is 92.1 cm³/mol. The van der Waals surface area contributed by atoms with Gasteiger partial charge >= 0.3 is 6.09 Å². The maximum absolute atomic E-state index is 11.9. The zero-order valence-corrected chi connectivity index (χ0v) is 13.5. The van der Waals surface area contributed by atoms with Crippen LogP contribution in [-0.4, -0.2) is 11.0 Å². The second-order valence-corrected chi connectivity index (χ2v) is 5.25. The Morgan fingerprint density at radius 2 is 1.92 bits per heavy atom. The van der Waals surface area contributed by atoms with E-state index in [2.05, 4.69) is 5.32 Å². The first kappa shape index (κ1) is 17.2. The van der Waals surface area contributed by atoms with E-state index in [0.29, 0.717) is 11.3 Å². The molecule has 6 heteroatoms. The molecule has 0 unspecified atom stereocenters. The van der Waals surface area contributed by atoms with Crippen molar-refractivity contribution in [2.45, 2.75) is 20.5 Å². The van der Waals surface area contributed by atoms with Gasteiger partial charge < -0.3 is 4.74 Å². The lowest BCUT2D eigenvalue weighted by Gasteiger charge is -2.11. The number of benzene rings is 2. The maximum Gasteiger partial charge on any atom is 0.411 e. The number of carbonyl (C=O) groups is 1. The molecule has 0 saturated carbocycles. The highest BCUT2D eigenvalue weighted by atomic mass is 16.6. The number of carbonyl (C=O) groups excluding carboxylic acids is 1. The Hall–Kier alpha value is -3.15. The van der Waals surface area contributed by atoms with E-state index in [9.17, 15) is 14.9 Å². The molecule has 0 aliphatic carbocycles. The van der Waals surface area contributed by atoms with Gasteiger partial charge in [0.1, 0.15) is 6.61 Å². The van der Waals surface area contributed by atoms with Crippen molar-refractivity contribution in [1.82, 2.24) is 0 Å². The van der Waals surface area contributed by atoms with E-state index in [1.54, 1.807) is 25.1 Å². The summed E-state index contributed by atoms with van der Waals surface area (Å²) in [5, 5.41) is 13.4. The third kappa shape index (κ3) is 4.67. The Kier molecular flexibility index (Phi) is 5.68. The van der Waals surface area contributed by atoms with Crippen LogP contribution in [0.5, 0.6) is 0 Å². The molecular weight excluding hydrogens is 308 g/mol. The first-order valence-corrected chi connectivity index (χ1v) is 7.37. The number of allylic oxidation sites excluding steroid dienone is 1. The van der Waals surface area contributed by atoms with E-state index in [1.165, 1.54) is 13.0 Å². The Morgan fingerprint density at radius 3 is 2.58 bits per heavy atom. The fraction of sp³-hybridized carbons (Fsp3) is 0.167.